The highest BCUT2D eigenvalue weighted by atomic mass is 19.4. The third kappa shape index (κ3) is 4.90. The fraction of sp³-hybridized carbons (Fsp3) is 0.200. The van der Waals surface area contributed by atoms with Gasteiger partial charge in [0.05, 0.1) is 30.0 Å². The van der Waals surface area contributed by atoms with E-state index in [-0.39, 0.29) is 24.6 Å². The quantitative estimate of drug-likeness (QED) is 0.343. The van der Waals surface area contributed by atoms with E-state index in [9.17, 15) is 18.0 Å². The molecule has 0 saturated heterocycles. The second-order valence-corrected chi connectivity index (χ2v) is 7.57. The molecular weight excluding hydrogens is 431 g/mol. The summed E-state index contributed by atoms with van der Waals surface area (Å²) in [4.78, 5) is 16.9. The standard InChI is InChI=1S/C25H22F3N3O2/c1-18-21(24(32)31-12-11-29-17-31)15-30(13-14-33-16-19-7-3-2-4-8-19)23(18)20-9-5-6-10-22(20)25(26,27)28/h2-12,15,17H,13-14,16H2,1H3. The first-order valence-corrected chi connectivity index (χ1v) is 10.4. The first-order chi connectivity index (χ1) is 15.9. The van der Waals surface area contributed by atoms with Gasteiger partial charge in [0, 0.05) is 30.7 Å². The molecule has 0 N–H and O–H groups in total. The van der Waals surface area contributed by atoms with Gasteiger partial charge in [-0.15, -0.1) is 0 Å². The monoisotopic (exact) mass is 453 g/mol. The van der Waals surface area contributed by atoms with Crippen molar-refractivity contribution in [2.75, 3.05) is 6.61 Å². The van der Waals surface area contributed by atoms with Gasteiger partial charge >= 0.3 is 6.18 Å². The van der Waals surface area contributed by atoms with Crippen molar-refractivity contribution in [2.45, 2.75) is 26.3 Å². The van der Waals surface area contributed by atoms with Gasteiger partial charge in [-0.3, -0.25) is 9.36 Å². The first kappa shape index (κ1) is 22.5. The van der Waals surface area contributed by atoms with E-state index in [2.05, 4.69) is 4.98 Å². The van der Waals surface area contributed by atoms with E-state index < -0.39 is 11.7 Å². The van der Waals surface area contributed by atoms with Crippen molar-refractivity contribution in [3.05, 3.63) is 102 Å². The van der Waals surface area contributed by atoms with Crippen LogP contribution >= 0.6 is 0 Å². The number of imidazole rings is 1. The summed E-state index contributed by atoms with van der Waals surface area (Å²) >= 11 is 0. The predicted molar refractivity (Wildman–Crippen MR) is 118 cm³/mol. The SMILES string of the molecule is Cc1c(C(=O)n2ccnc2)cn(CCOCc2ccccc2)c1-c1ccccc1C(F)(F)F. The summed E-state index contributed by atoms with van der Waals surface area (Å²) < 4.78 is 50.0. The van der Waals surface area contributed by atoms with Crippen LogP contribution in [0.5, 0.6) is 0 Å². The molecular formula is C25H22F3N3O2. The molecule has 0 atom stereocenters. The van der Waals surface area contributed by atoms with E-state index in [1.807, 2.05) is 30.3 Å². The minimum absolute atomic E-state index is 0.0234. The lowest BCUT2D eigenvalue weighted by Gasteiger charge is -2.16. The van der Waals surface area contributed by atoms with Crippen LogP contribution in [0.15, 0.2) is 79.5 Å². The molecule has 0 radical (unpaired) electrons. The van der Waals surface area contributed by atoms with E-state index >= 15 is 0 Å². The van der Waals surface area contributed by atoms with Crippen LogP contribution < -0.4 is 0 Å². The highest BCUT2D eigenvalue weighted by molar-refractivity contribution is 5.99. The molecule has 0 aliphatic carbocycles. The van der Waals surface area contributed by atoms with E-state index in [4.69, 9.17) is 4.74 Å². The Kier molecular flexibility index (Phi) is 6.46. The van der Waals surface area contributed by atoms with Gasteiger partial charge in [-0.05, 0) is 24.1 Å². The van der Waals surface area contributed by atoms with Crippen molar-refractivity contribution in [1.29, 1.82) is 0 Å². The van der Waals surface area contributed by atoms with Crippen LogP contribution in [-0.4, -0.2) is 26.6 Å². The largest absolute Gasteiger partial charge is 0.417 e. The number of hydrogen-bond acceptors (Lipinski definition) is 3. The molecule has 33 heavy (non-hydrogen) atoms. The van der Waals surface area contributed by atoms with Gasteiger partial charge in [-0.2, -0.15) is 13.2 Å². The average molecular weight is 453 g/mol. The molecule has 0 fully saturated rings. The van der Waals surface area contributed by atoms with Gasteiger partial charge in [0.25, 0.3) is 5.91 Å². The molecule has 0 saturated carbocycles. The maximum absolute atomic E-state index is 13.8. The number of aromatic nitrogens is 3. The van der Waals surface area contributed by atoms with Crippen LogP contribution in [-0.2, 0) is 24.1 Å². The molecule has 4 aromatic rings. The van der Waals surface area contributed by atoms with Gasteiger partial charge in [0.1, 0.15) is 6.33 Å². The second kappa shape index (κ2) is 9.46. The molecule has 2 aromatic heterocycles. The van der Waals surface area contributed by atoms with Crippen molar-refractivity contribution in [3.8, 4) is 11.3 Å². The number of carbonyl (C=O) groups excluding carboxylic acids is 1. The number of benzene rings is 2. The second-order valence-electron chi connectivity index (χ2n) is 7.57. The highest BCUT2D eigenvalue weighted by Crippen LogP contribution is 2.39. The zero-order chi connectivity index (χ0) is 23.4. The molecule has 2 aromatic carbocycles. The fourth-order valence-corrected chi connectivity index (χ4v) is 3.79. The highest BCUT2D eigenvalue weighted by Gasteiger charge is 2.35. The van der Waals surface area contributed by atoms with E-state index in [1.165, 1.54) is 35.4 Å². The average Bonchev–Trinajstić information content (AvgIpc) is 3.45. The van der Waals surface area contributed by atoms with Crippen LogP contribution in [0.3, 0.4) is 0 Å². The minimum atomic E-state index is -4.53. The van der Waals surface area contributed by atoms with Gasteiger partial charge in [-0.25, -0.2) is 4.98 Å². The lowest BCUT2D eigenvalue weighted by atomic mass is 10.00. The van der Waals surface area contributed by atoms with Gasteiger partial charge in [-0.1, -0.05) is 48.5 Å². The zero-order valence-electron chi connectivity index (χ0n) is 17.9. The lowest BCUT2D eigenvalue weighted by molar-refractivity contribution is -0.137. The first-order valence-electron chi connectivity index (χ1n) is 10.4. The summed E-state index contributed by atoms with van der Waals surface area (Å²) in [6, 6.07) is 15.0. The summed E-state index contributed by atoms with van der Waals surface area (Å²) in [5.74, 6) is -0.361. The summed E-state index contributed by atoms with van der Waals surface area (Å²) in [7, 11) is 0. The van der Waals surface area contributed by atoms with Crippen molar-refractivity contribution in [1.82, 2.24) is 14.1 Å². The minimum Gasteiger partial charge on any atom is -0.375 e. The summed E-state index contributed by atoms with van der Waals surface area (Å²) in [6.07, 6.45) is 1.40. The molecule has 4 rings (SSSR count). The number of halogens is 3. The Morgan fingerprint density at radius 2 is 1.79 bits per heavy atom. The normalized spacial score (nSPS) is 11.6. The number of ether oxygens (including phenoxy) is 1. The summed E-state index contributed by atoms with van der Waals surface area (Å²) in [5.41, 5.74) is 1.39. The molecule has 0 unspecified atom stereocenters. The van der Waals surface area contributed by atoms with Crippen molar-refractivity contribution in [2.24, 2.45) is 0 Å². The van der Waals surface area contributed by atoms with Gasteiger partial charge in [0.15, 0.2) is 0 Å². The van der Waals surface area contributed by atoms with Crippen LogP contribution in [0.1, 0.15) is 27.0 Å². The molecule has 0 amide bonds. The van der Waals surface area contributed by atoms with Gasteiger partial charge in [0.2, 0.25) is 0 Å². The molecule has 170 valence electrons. The Hall–Kier alpha value is -3.65. The van der Waals surface area contributed by atoms with Crippen LogP contribution in [0, 0.1) is 6.92 Å². The van der Waals surface area contributed by atoms with E-state index in [0.29, 0.717) is 23.4 Å². The van der Waals surface area contributed by atoms with E-state index in [1.54, 1.807) is 23.8 Å². The third-order valence-electron chi connectivity index (χ3n) is 5.38. The van der Waals surface area contributed by atoms with Crippen LogP contribution in [0.2, 0.25) is 0 Å². The van der Waals surface area contributed by atoms with Gasteiger partial charge < -0.3 is 9.30 Å². The molecule has 0 aliphatic heterocycles. The summed E-state index contributed by atoms with van der Waals surface area (Å²) in [5, 5.41) is 0. The third-order valence-corrected chi connectivity index (χ3v) is 5.38. The number of hydrogen-bond donors (Lipinski definition) is 0. The predicted octanol–water partition coefficient (Wildman–Crippen LogP) is 5.58. The molecule has 0 spiro atoms. The lowest BCUT2D eigenvalue weighted by Crippen LogP contribution is -2.11. The van der Waals surface area contributed by atoms with Crippen LogP contribution in [0.25, 0.3) is 11.3 Å². The molecule has 2 heterocycles. The maximum atomic E-state index is 13.8. The maximum Gasteiger partial charge on any atom is 0.417 e. The topological polar surface area (TPSA) is 49.0 Å². The number of carbonyl (C=O) groups is 1. The smallest absolute Gasteiger partial charge is 0.375 e. The zero-order valence-corrected chi connectivity index (χ0v) is 17.9. The van der Waals surface area contributed by atoms with Crippen LogP contribution in [0.4, 0.5) is 13.2 Å². The summed E-state index contributed by atoms with van der Waals surface area (Å²) in [6.45, 7) is 2.60. The molecule has 5 nitrogen and oxygen atoms in total. The Balaban J connectivity index is 1.69. The number of rotatable bonds is 7. The van der Waals surface area contributed by atoms with Crippen molar-refractivity contribution >= 4 is 5.91 Å². The number of nitrogens with zero attached hydrogens (tertiary/aromatic N) is 3. The molecule has 0 bridgehead atoms. The Bertz CT molecular complexity index is 1230. The van der Waals surface area contributed by atoms with Crippen molar-refractivity contribution in [3.63, 3.8) is 0 Å². The Morgan fingerprint density at radius 1 is 1.06 bits per heavy atom. The molecule has 0 aliphatic rings. The molecule has 8 heteroatoms. The van der Waals surface area contributed by atoms with Crippen molar-refractivity contribution < 1.29 is 22.7 Å². The number of alkyl halides is 3. The Morgan fingerprint density at radius 3 is 2.48 bits per heavy atom. The Labute approximate surface area is 189 Å². The fourth-order valence-electron chi connectivity index (χ4n) is 3.79. The van der Waals surface area contributed by atoms with E-state index in [0.717, 1.165) is 11.6 Å².